The van der Waals surface area contributed by atoms with E-state index in [1.807, 2.05) is 24.3 Å². The number of sulfonamides is 1. The Balaban J connectivity index is 1.25. The fourth-order valence-electron chi connectivity index (χ4n) is 5.37. The van der Waals surface area contributed by atoms with Crippen LogP contribution in [0.15, 0.2) is 53.4 Å². The van der Waals surface area contributed by atoms with E-state index in [0.29, 0.717) is 49.3 Å². The van der Waals surface area contributed by atoms with Crippen LogP contribution in [-0.4, -0.2) is 66.5 Å². The fraction of sp³-hybridized carbons (Fsp3) is 0.533. The van der Waals surface area contributed by atoms with E-state index >= 15 is 0 Å². The minimum atomic E-state index is -3.57. The van der Waals surface area contributed by atoms with Gasteiger partial charge in [-0.1, -0.05) is 31.9 Å². The first-order valence-electron chi connectivity index (χ1n) is 14.4. The number of rotatable bonds is 10. The highest BCUT2D eigenvalue weighted by Crippen LogP contribution is 2.31. The van der Waals surface area contributed by atoms with E-state index in [4.69, 9.17) is 19.4 Å². The van der Waals surface area contributed by atoms with Gasteiger partial charge in [-0.15, -0.1) is 0 Å². The topological polar surface area (TPSA) is 84.9 Å². The molecule has 0 radical (unpaired) electrons. The molecular formula is C30H40N4O4S. The quantitative estimate of drug-likeness (QED) is 0.303. The zero-order chi connectivity index (χ0) is 27.2. The van der Waals surface area contributed by atoms with Crippen LogP contribution in [0.4, 0.5) is 0 Å². The van der Waals surface area contributed by atoms with Gasteiger partial charge in [0.15, 0.2) is 0 Å². The third kappa shape index (κ3) is 6.53. The van der Waals surface area contributed by atoms with Gasteiger partial charge in [0.05, 0.1) is 28.4 Å². The summed E-state index contributed by atoms with van der Waals surface area (Å²) < 4.78 is 40.3. The van der Waals surface area contributed by atoms with Crippen molar-refractivity contribution < 1.29 is 17.9 Å². The number of nitrogens with zero attached hydrogens (tertiary/aromatic N) is 4. The van der Waals surface area contributed by atoms with Crippen molar-refractivity contribution in [3.05, 3.63) is 54.4 Å². The molecule has 0 unspecified atom stereocenters. The summed E-state index contributed by atoms with van der Waals surface area (Å²) in [5, 5.41) is 0.941. The van der Waals surface area contributed by atoms with Crippen LogP contribution in [0.5, 0.6) is 11.6 Å². The number of hydrogen-bond acceptors (Lipinski definition) is 7. The smallest absolute Gasteiger partial charge is 0.243 e. The molecule has 9 heteroatoms. The fourth-order valence-corrected chi connectivity index (χ4v) is 6.79. The first-order valence-corrected chi connectivity index (χ1v) is 15.8. The molecule has 2 aromatic carbocycles. The van der Waals surface area contributed by atoms with Crippen LogP contribution < -0.4 is 9.47 Å². The highest BCUT2D eigenvalue weighted by molar-refractivity contribution is 7.89. The van der Waals surface area contributed by atoms with Crippen molar-refractivity contribution in [3.8, 4) is 11.6 Å². The second-order valence-corrected chi connectivity index (χ2v) is 12.5. The zero-order valence-electron chi connectivity index (χ0n) is 23.1. The first-order chi connectivity index (χ1) is 19.0. The number of ether oxygens (including phenoxy) is 2. The van der Waals surface area contributed by atoms with Crippen LogP contribution in [0.1, 0.15) is 70.7 Å². The van der Waals surface area contributed by atoms with E-state index in [2.05, 4.69) is 18.7 Å². The Morgan fingerprint density at radius 2 is 1.67 bits per heavy atom. The Morgan fingerprint density at radius 3 is 2.38 bits per heavy atom. The van der Waals surface area contributed by atoms with E-state index < -0.39 is 10.0 Å². The predicted octanol–water partition coefficient (Wildman–Crippen LogP) is 5.59. The van der Waals surface area contributed by atoms with Gasteiger partial charge in [-0.2, -0.15) is 9.29 Å². The summed E-state index contributed by atoms with van der Waals surface area (Å²) in [4.78, 5) is 12.3. The van der Waals surface area contributed by atoms with Gasteiger partial charge in [-0.3, -0.25) is 4.90 Å². The third-order valence-corrected chi connectivity index (χ3v) is 9.75. The second kappa shape index (κ2) is 12.6. The van der Waals surface area contributed by atoms with Crippen LogP contribution in [0.3, 0.4) is 0 Å². The zero-order valence-corrected chi connectivity index (χ0v) is 23.9. The summed E-state index contributed by atoms with van der Waals surface area (Å²) in [5.41, 5.74) is 0.878. The SMILES string of the molecule is CCCCOc1ccc(S(=O)(=O)N2CCN([C@@H](C)c3nc(OC4CCCCC4)c4ccccc4n3)CC2)cc1. The molecule has 3 aromatic rings. The molecule has 1 saturated heterocycles. The number of benzene rings is 2. The standard InChI is InChI=1S/C30H40N4O4S/c1-3-4-22-37-24-14-16-26(17-15-24)39(35,36)34-20-18-33(19-21-34)23(2)29-31-28-13-9-8-12-27(28)30(32-29)38-25-10-6-5-7-11-25/h8-9,12-17,23,25H,3-7,10-11,18-22H2,1-2H3/t23-/m0/s1. The minimum absolute atomic E-state index is 0.0623. The summed E-state index contributed by atoms with van der Waals surface area (Å²) in [6, 6.07) is 14.7. The van der Waals surface area contributed by atoms with Crippen molar-refractivity contribution in [3.63, 3.8) is 0 Å². The number of piperazine rings is 1. The largest absolute Gasteiger partial charge is 0.494 e. The van der Waals surface area contributed by atoms with Gasteiger partial charge in [0.1, 0.15) is 17.7 Å². The van der Waals surface area contributed by atoms with Crippen molar-refractivity contribution in [1.82, 2.24) is 19.2 Å². The van der Waals surface area contributed by atoms with Crippen LogP contribution in [0.2, 0.25) is 0 Å². The molecule has 8 nitrogen and oxygen atoms in total. The van der Waals surface area contributed by atoms with Gasteiger partial charge >= 0.3 is 0 Å². The molecule has 1 atom stereocenters. The van der Waals surface area contributed by atoms with Gasteiger partial charge in [-0.25, -0.2) is 13.4 Å². The molecule has 1 aliphatic carbocycles. The van der Waals surface area contributed by atoms with E-state index in [1.54, 1.807) is 28.6 Å². The van der Waals surface area contributed by atoms with Crippen molar-refractivity contribution >= 4 is 20.9 Å². The minimum Gasteiger partial charge on any atom is -0.494 e. The lowest BCUT2D eigenvalue weighted by molar-refractivity contribution is 0.135. The Hall–Kier alpha value is -2.75. The van der Waals surface area contributed by atoms with Gasteiger partial charge in [0.25, 0.3) is 0 Å². The molecule has 2 fully saturated rings. The van der Waals surface area contributed by atoms with Gasteiger partial charge in [0.2, 0.25) is 15.9 Å². The van der Waals surface area contributed by atoms with Crippen molar-refractivity contribution in [2.45, 2.75) is 75.8 Å². The molecule has 2 aliphatic rings. The molecule has 0 amide bonds. The third-order valence-electron chi connectivity index (χ3n) is 7.84. The molecule has 0 bridgehead atoms. The van der Waals surface area contributed by atoms with Crippen molar-refractivity contribution in [2.75, 3.05) is 32.8 Å². The summed E-state index contributed by atoms with van der Waals surface area (Å²) in [7, 11) is -3.57. The summed E-state index contributed by atoms with van der Waals surface area (Å²) in [5.74, 6) is 2.08. The highest BCUT2D eigenvalue weighted by atomic mass is 32.2. The first kappa shape index (κ1) is 27.8. The maximum atomic E-state index is 13.3. The molecule has 1 aromatic heterocycles. The van der Waals surface area contributed by atoms with Gasteiger partial charge < -0.3 is 9.47 Å². The molecule has 210 valence electrons. The monoisotopic (exact) mass is 552 g/mol. The lowest BCUT2D eigenvalue weighted by Crippen LogP contribution is -2.49. The van der Waals surface area contributed by atoms with Crippen LogP contribution >= 0.6 is 0 Å². The van der Waals surface area contributed by atoms with Gasteiger partial charge in [-0.05, 0) is 75.4 Å². The molecule has 5 rings (SSSR count). The summed E-state index contributed by atoms with van der Waals surface area (Å²) in [6.07, 6.45) is 8.02. The predicted molar refractivity (Wildman–Crippen MR) is 153 cm³/mol. The van der Waals surface area contributed by atoms with Crippen molar-refractivity contribution in [1.29, 1.82) is 0 Å². The lowest BCUT2D eigenvalue weighted by Gasteiger charge is -2.37. The molecule has 39 heavy (non-hydrogen) atoms. The Kier molecular flexibility index (Phi) is 8.99. The van der Waals surface area contributed by atoms with E-state index in [9.17, 15) is 8.42 Å². The number of unbranched alkanes of at least 4 members (excludes halogenated alkanes) is 1. The molecule has 0 N–H and O–H groups in total. The molecule has 2 heterocycles. The number of hydrogen-bond donors (Lipinski definition) is 0. The Morgan fingerprint density at radius 1 is 0.949 bits per heavy atom. The number of aromatic nitrogens is 2. The molecular weight excluding hydrogens is 512 g/mol. The Labute approximate surface area is 232 Å². The normalized spacial score (nSPS) is 18.7. The number of fused-ring (bicyclic) bond motifs is 1. The average Bonchev–Trinajstić information content (AvgIpc) is 2.98. The maximum Gasteiger partial charge on any atom is 0.243 e. The van der Waals surface area contributed by atoms with Gasteiger partial charge in [0, 0.05) is 26.2 Å². The van der Waals surface area contributed by atoms with E-state index in [1.165, 1.54) is 19.3 Å². The lowest BCUT2D eigenvalue weighted by atomic mass is 9.98. The molecule has 1 saturated carbocycles. The van der Waals surface area contributed by atoms with Crippen LogP contribution in [0, 0.1) is 0 Å². The Bertz CT molecular complexity index is 1330. The molecule has 1 aliphatic heterocycles. The van der Waals surface area contributed by atoms with Crippen LogP contribution in [0.25, 0.3) is 10.9 Å². The summed E-state index contributed by atoms with van der Waals surface area (Å²) >= 11 is 0. The van der Waals surface area contributed by atoms with Crippen LogP contribution in [-0.2, 0) is 10.0 Å². The van der Waals surface area contributed by atoms with E-state index in [-0.39, 0.29) is 12.1 Å². The van der Waals surface area contributed by atoms with Crippen molar-refractivity contribution in [2.24, 2.45) is 0 Å². The van der Waals surface area contributed by atoms with E-state index in [0.717, 1.165) is 42.4 Å². The maximum absolute atomic E-state index is 13.3. The second-order valence-electron chi connectivity index (χ2n) is 10.6. The molecule has 0 spiro atoms. The summed E-state index contributed by atoms with van der Waals surface area (Å²) in [6.45, 7) is 6.88. The average molecular weight is 553 g/mol. The highest BCUT2D eigenvalue weighted by Gasteiger charge is 2.31. The number of para-hydroxylation sites is 1.